The number of methoxy groups -OCH3 is 2. The van der Waals surface area contributed by atoms with E-state index in [1.54, 1.807) is 14.2 Å². The summed E-state index contributed by atoms with van der Waals surface area (Å²) in [6.07, 6.45) is 0.420. The van der Waals surface area contributed by atoms with Gasteiger partial charge in [-0.3, -0.25) is 0 Å². The Morgan fingerprint density at radius 1 is 0.841 bits per heavy atom. The molecule has 1 aliphatic rings. The Kier molecular flexibility index (Phi) is 12.6. The Bertz CT molecular complexity index is 1260. The molecule has 4 rings (SSSR count). The van der Waals surface area contributed by atoms with Crippen LogP contribution in [0, 0.1) is 11.3 Å². The summed E-state index contributed by atoms with van der Waals surface area (Å²) in [7, 11) is 1.92. The molecule has 3 aromatic carbocycles. The van der Waals surface area contributed by atoms with Gasteiger partial charge in [0.15, 0.2) is 0 Å². The predicted molar refractivity (Wildman–Crippen MR) is 173 cm³/mol. The average molecular weight is 621 g/mol. The van der Waals surface area contributed by atoms with Gasteiger partial charge in [-0.1, -0.05) is 54.6 Å². The summed E-state index contributed by atoms with van der Waals surface area (Å²) in [6, 6.07) is 28.9. The van der Waals surface area contributed by atoms with E-state index in [9.17, 15) is 0 Å². The molecule has 1 aliphatic heterocycles. The summed E-state index contributed by atoms with van der Waals surface area (Å²) < 4.78 is 39.4. The van der Waals surface area contributed by atoms with Crippen molar-refractivity contribution in [1.29, 1.82) is 5.26 Å². The lowest BCUT2D eigenvalue weighted by Gasteiger charge is -2.40. The van der Waals surface area contributed by atoms with Gasteiger partial charge in [-0.2, -0.15) is 5.26 Å². The fourth-order valence-corrected chi connectivity index (χ4v) is 7.24. The number of benzene rings is 3. The first kappa shape index (κ1) is 33.9. The Balaban J connectivity index is 1.71. The van der Waals surface area contributed by atoms with Crippen molar-refractivity contribution >= 4 is 8.53 Å². The fourth-order valence-electron chi connectivity index (χ4n) is 5.63. The second-order valence-electron chi connectivity index (χ2n) is 11.2. The van der Waals surface area contributed by atoms with Crippen LogP contribution < -0.4 is 9.47 Å². The van der Waals surface area contributed by atoms with Crippen LogP contribution in [0.4, 0.5) is 0 Å². The van der Waals surface area contributed by atoms with Gasteiger partial charge in [0.05, 0.1) is 46.0 Å². The molecule has 0 aliphatic carbocycles. The van der Waals surface area contributed by atoms with Crippen LogP contribution in [-0.4, -0.2) is 63.0 Å². The zero-order valence-corrected chi connectivity index (χ0v) is 27.5. The third-order valence-electron chi connectivity index (χ3n) is 7.66. The van der Waals surface area contributed by atoms with E-state index in [4.69, 9.17) is 33.3 Å². The van der Waals surface area contributed by atoms with Gasteiger partial charge >= 0.3 is 0 Å². The van der Waals surface area contributed by atoms with Crippen LogP contribution in [0.25, 0.3) is 0 Å². The molecule has 9 heteroatoms. The van der Waals surface area contributed by atoms with Crippen LogP contribution in [0.15, 0.2) is 78.9 Å². The van der Waals surface area contributed by atoms with Crippen LogP contribution >= 0.6 is 8.53 Å². The first-order chi connectivity index (χ1) is 21.3. The summed E-state index contributed by atoms with van der Waals surface area (Å²) >= 11 is 0. The van der Waals surface area contributed by atoms with Gasteiger partial charge in [0.25, 0.3) is 8.53 Å². The van der Waals surface area contributed by atoms with Crippen molar-refractivity contribution in [3.05, 3.63) is 95.6 Å². The summed E-state index contributed by atoms with van der Waals surface area (Å²) in [4.78, 5) is 0. The standard InChI is InChI=1S/C35H45N2O6P/c1-26(2)37(27(3)4)44(41-23-10-22-36)42-25-34-33(21-24-40-34)43-35(28-11-8-7-9-12-28,29-13-17-31(38-5)18-14-29)30-15-19-32(39-6)20-16-30/h7-9,11-20,26-27,33-34H,10,21,23-25H2,1-6H3. The summed E-state index contributed by atoms with van der Waals surface area (Å²) in [6.45, 7) is 9.68. The van der Waals surface area contributed by atoms with E-state index in [1.165, 1.54) is 0 Å². The third-order valence-corrected chi connectivity index (χ3v) is 9.74. The highest BCUT2D eigenvalue weighted by atomic mass is 31.2. The van der Waals surface area contributed by atoms with Crippen molar-refractivity contribution in [2.45, 2.75) is 70.4 Å². The van der Waals surface area contributed by atoms with E-state index in [-0.39, 0.29) is 24.3 Å². The molecule has 0 spiro atoms. The van der Waals surface area contributed by atoms with Crippen molar-refractivity contribution in [1.82, 2.24) is 4.67 Å². The van der Waals surface area contributed by atoms with Crippen LogP contribution in [-0.2, 0) is 24.1 Å². The van der Waals surface area contributed by atoms with E-state index >= 15 is 0 Å². The lowest BCUT2D eigenvalue weighted by molar-refractivity contribution is -0.0882. The number of hydrogen-bond donors (Lipinski definition) is 0. The molecule has 0 N–H and O–H groups in total. The van der Waals surface area contributed by atoms with Crippen LogP contribution in [0.1, 0.15) is 57.2 Å². The maximum atomic E-state index is 9.09. The normalized spacial score (nSPS) is 17.6. The number of nitrogens with zero attached hydrogens (tertiary/aromatic N) is 2. The van der Waals surface area contributed by atoms with Gasteiger partial charge in [0.1, 0.15) is 23.2 Å². The highest BCUT2D eigenvalue weighted by Crippen LogP contribution is 2.48. The van der Waals surface area contributed by atoms with Gasteiger partial charge in [0, 0.05) is 18.7 Å². The lowest BCUT2D eigenvalue weighted by atomic mass is 9.79. The summed E-state index contributed by atoms with van der Waals surface area (Å²) in [5, 5.41) is 9.09. The van der Waals surface area contributed by atoms with Crippen LogP contribution in [0.2, 0.25) is 0 Å². The molecular formula is C35H45N2O6P. The molecule has 3 aromatic rings. The second kappa shape index (κ2) is 16.3. The van der Waals surface area contributed by atoms with Crippen LogP contribution in [0.5, 0.6) is 11.5 Å². The zero-order valence-electron chi connectivity index (χ0n) is 26.6. The molecule has 0 aromatic heterocycles. The first-order valence-electron chi connectivity index (χ1n) is 15.2. The van der Waals surface area contributed by atoms with Crippen molar-refractivity contribution in [2.75, 3.05) is 34.0 Å². The van der Waals surface area contributed by atoms with Crippen molar-refractivity contribution < 1.29 is 28.0 Å². The monoisotopic (exact) mass is 620 g/mol. The molecule has 0 radical (unpaired) electrons. The molecule has 3 unspecified atom stereocenters. The predicted octanol–water partition coefficient (Wildman–Crippen LogP) is 7.46. The second-order valence-corrected chi connectivity index (χ2v) is 12.7. The summed E-state index contributed by atoms with van der Waals surface area (Å²) in [5.41, 5.74) is 1.98. The Hall–Kier alpha value is -3.02. The SMILES string of the molecule is COc1ccc(C(OC2CCOC2COP(OCCC#N)N(C(C)C)C(C)C)(c2ccccc2)c2ccc(OC)cc2)cc1. The van der Waals surface area contributed by atoms with Gasteiger partial charge in [-0.25, -0.2) is 4.67 Å². The first-order valence-corrected chi connectivity index (χ1v) is 16.3. The van der Waals surface area contributed by atoms with E-state index in [0.29, 0.717) is 32.7 Å². The topological polar surface area (TPSA) is 82.4 Å². The smallest absolute Gasteiger partial charge is 0.259 e. The highest BCUT2D eigenvalue weighted by Gasteiger charge is 2.44. The minimum atomic E-state index is -1.41. The van der Waals surface area contributed by atoms with E-state index in [2.05, 4.69) is 74.8 Å². The summed E-state index contributed by atoms with van der Waals surface area (Å²) in [5.74, 6) is 1.54. The molecule has 0 saturated carbocycles. The minimum Gasteiger partial charge on any atom is -0.497 e. The van der Waals surface area contributed by atoms with Crippen molar-refractivity contribution in [2.24, 2.45) is 0 Å². The van der Waals surface area contributed by atoms with E-state index in [0.717, 1.165) is 28.2 Å². The number of ether oxygens (including phenoxy) is 4. The molecule has 1 heterocycles. The molecule has 0 amide bonds. The molecule has 3 atom stereocenters. The number of nitriles is 1. The molecule has 0 bridgehead atoms. The molecule has 236 valence electrons. The third kappa shape index (κ3) is 7.97. The largest absolute Gasteiger partial charge is 0.497 e. The fraction of sp³-hybridized carbons (Fsp3) is 0.457. The maximum absolute atomic E-state index is 9.09. The number of hydrogen-bond acceptors (Lipinski definition) is 8. The van der Waals surface area contributed by atoms with Crippen molar-refractivity contribution in [3.8, 4) is 17.6 Å². The van der Waals surface area contributed by atoms with Crippen molar-refractivity contribution in [3.63, 3.8) is 0 Å². The van der Waals surface area contributed by atoms with Crippen LogP contribution in [0.3, 0.4) is 0 Å². The molecule has 44 heavy (non-hydrogen) atoms. The number of rotatable bonds is 16. The molecule has 1 fully saturated rings. The van der Waals surface area contributed by atoms with Gasteiger partial charge in [-0.15, -0.1) is 0 Å². The lowest BCUT2D eigenvalue weighted by Crippen LogP contribution is -2.41. The Labute approximate surface area is 263 Å². The van der Waals surface area contributed by atoms with E-state index in [1.807, 2.05) is 42.5 Å². The van der Waals surface area contributed by atoms with Gasteiger partial charge in [-0.05, 0) is 75.1 Å². The zero-order chi connectivity index (χ0) is 31.5. The maximum Gasteiger partial charge on any atom is 0.259 e. The Morgan fingerprint density at radius 2 is 1.39 bits per heavy atom. The highest BCUT2D eigenvalue weighted by molar-refractivity contribution is 7.44. The van der Waals surface area contributed by atoms with Gasteiger partial charge < -0.3 is 28.0 Å². The molecule has 8 nitrogen and oxygen atoms in total. The molecular weight excluding hydrogens is 575 g/mol. The molecule has 1 saturated heterocycles. The van der Waals surface area contributed by atoms with E-state index < -0.39 is 14.1 Å². The van der Waals surface area contributed by atoms with Gasteiger partial charge in [0.2, 0.25) is 0 Å². The Morgan fingerprint density at radius 3 is 1.89 bits per heavy atom. The average Bonchev–Trinajstić information content (AvgIpc) is 3.49. The quantitative estimate of drug-likeness (QED) is 0.0927. The minimum absolute atomic E-state index is 0.204.